The van der Waals surface area contributed by atoms with E-state index in [0.29, 0.717) is 31.0 Å². The molecule has 0 aliphatic heterocycles. The third-order valence-corrected chi connectivity index (χ3v) is 4.20. The molecule has 3 rings (SSSR count). The number of likely N-dealkylation sites (N-methyl/N-ethyl adjacent to an activating group) is 1. The van der Waals surface area contributed by atoms with Crippen LogP contribution >= 0.6 is 11.6 Å². The molecule has 130 valence electrons. The summed E-state index contributed by atoms with van der Waals surface area (Å²) in [4.78, 5) is 21.6. The van der Waals surface area contributed by atoms with Crippen LogP contribution in [0.25, 0.3) is 11.0 Å². The molecule has 1 aromatic heterocycles. The minimum absolute atomic E-state index is 0.0696. The highest BCUT2D eigenvalue weighted by atomic mass is 35.5. The van der Waals surface area contributed by atoms with E-state index in [1.54, 1.807) is 24.1 Å². The minimum Gasteiger partial charge on any atom is -0.492 e. The van der Waals surface area contributed by atoms with Crippen LogP contribution in [0.1, 0.15) is 12.2 Å². The number of halogens is 1. The summed E-state index contributed by atoms with van der Waals surface area (Å²) < 4.78 is 5.61. The Hall–Kier alpha value is -2.53. The Morgan fingerprint density at radius 2 is 1.96 bits per heavy atom. The number of nitrogens with zero attached hydrogens (tertiary/aromatic N) is 2. The average molecular weight is 358 g/mol. The van der Waals surface area contributed by atoms with Crippen molar-refractivity contribution >= 4 is 28.5 Å². The number of aromatic nitrogens is 2. The van der Waals surface area contributed by atoms with Crippen LogP contribution in [0.4, 0.5) is 0 Å². The van der Waals surface area contributed by atoms with E-state index >= 15 is 0 Å². The standard InChI is InChI=1S/C19H20ClN3O2/c1-23(12-13-25-15-8-6-14(20)7-9-15)19(24)11-10-18-21-16-4-2-3-5-17(16)22-18/h2-9H,10-13H2,1H3,(H,21,22). The topological polar surface area (TPSA) is 58.2 Å². The fraction of sp³-hybridized carbons (Fsp3) is 0.263. The van der Waals surface area contributed by atoms with Gasteiger partial charge in [-0.05, 0) is 36.4 Å². The molecule has 3 aromatic rings. The van der Waals surface area contributed by atoms with Crippen molar-refractivity contribution in [3.05, 3.63) is 59.4 Å². The van der Waals surface area contributed by atoms with Crippen molar-refractivity contribution in [3.63, 3.8) is 0 Å². The predicted molar refractivity (Wildman–Crippen MR) is 99.0 cm³/mol. The summed E-state index contributed by atoms with van der Waals surface area (Å²) in [6.07, 6.45) is 1.01. The lowest BCUT2D eigenvalue weighted by Gasteiger charge is -2.17. The van der Waals surface area contributed by atoms with Gasteiger partial charge in [-0.3, -0.25) is 4.79 Å². The Balaban J connectivity index is 1.43. The number of aromatic amines is 1. The fourth-order valence-corrected chi connectivity index (χ4v) is 2.62. The van der Waals surface area contributed by atoms with Crippen LogP contribution in [0.3, 0.4) is 0 Å². The van der Waals surface area contributed by atoms with E-state index < -0.39 is 0 Å². The molecule has 0 spiro atoms. The second kappa shape index (κ2) is 8.03. The Labute approximate surface area is 151 Å². The lowest BCUT2D eigenvalue weighted by molar-refractivity contribution is -0.130. The summed E-state index contributed by atoms with van der Waals surface area (Å²) in [5.74, 6) is 1.65. The van der Waals surface area contributed by atoms with Gasteiger partial charge in [0.2, 0.25) is 5.91 Å². The first-order valence-corrected chi connectivity index (χ1v) is 8.55. The molecule has 0 aliphatic rings. The number of ether oxygens (including phenoxy) is 1. The van der Waals surface area contributed by atoms with Crippen molar-refractivity contribution in [2.24, 2.45) is 0 Å². The lowest BCUT2D eigenvalue weighted by atomic mass is 10.2. The van der Waals surface area contributed by atoms with Crippen LogP contribution < -0.4 is 4.74 Å². The van der Waals surface area contributed by atoms with Crippen LogP contribution in [0, 0.1) is 0 Å². The van der Waals surface area contributed by atoms with E-state index in [9.17, 15) is 4.79 Å². The number of para-hydroxylation sites is 2. The maximum Gasteiger partial charge on any atom is 0.222 e. The van der Waals surface area contributed by atoms with Gasteiger partial charge in [0.05, 0.1) is 17.6 Å². The lowest BCUT2D eigenvalue weighted by Crippen LogP contribution is -2.31. The van der Waals surface area contributed by atoms with Gasteiger partial charge >= 0.3 is 0 Å². The van der Waals surface area contributed by atoms with Crippen LogP contribution in [0.15, 0.2) is 48.5 Å². The summed E-state index contributed by atoms with van der Waals surface area (Å²) >= 11 is 5.83. The van der Waals surface area contributed by atoms with E-state index in [-0.39, 0.29) is 5.91 Å². The number of carbonyl (C=O) groups excluding carboxylic acids is 1. The number of hydrogen-bond donors (Lipinski definition) is 1. The zero-order valence-electron chi connectivity index (χ0n) is 14.0. The molecule has 6 heteroatoms. The summed E-state index contributed by atoms with van der Waals surface area (Å²) in [6.45, 7) is 0.968. The van der Waals surface area contributed by atoms with Gasteiger partial charge in [0.25, 0.3) is 0 Å². The van der Waals surface area contributed by atoms with E-state index in [4.69, 9.17) is 16.3 Å². The molecule has 1 N–H and O–H groups in total. The zero-order valence-corrected chi connectivity index (χ0v) is 14.8. The van der Waals surface area contributed by atoms with E-state index in [1.807, 2.05) is 36.4 Å². The molecule has 0 radical (unpaired) electrons. The Morgan fingerprint density at radius 1 is 1.20 bits per heavy atom. The van der Waals surface area contributed by atoms with Crippen molar-refractivity contribution in [2.75, 3.05) is 20.2 Å². The van der Waals surface area contributed by atoms with Crippen LogP contribution in [-0.4, -0.2) is 41.0 Å². The largest absolute Gasteiger partial charge is 0.492 e. The summed E-state index contributed by atoms with van der Waals surface area (Å²) in [7, 11) is 1.78. The molecular weight excluding hydrogens is 338 g/mol. The van der Waals surface area contributed by atoms with E-state index in [1.165, 1.54) is 0 Å². The predicted octanol–water partition coefficient (Wildman–Crippen LogP) is 3.69. The van der Waals surface area contributed by atoms with Crippen molar-refractivity contribution in [1.29, 1.82) is 0 Å². The highest BCUT2D eigenvalue weighted by molar-refractivity contribution is 6.30. The van der Waals surface area contributed by atoms with Gasteiger partial charge in [-0.2, -0.15) is 0 Å². The normalized spacial score (nSPS) is 10.8. The van der Waals surface area contributed by atoms with Crippen LogP contribution in [0.2, 0.25) is 5.02 Å². The number of fused-ring (bicyclic) bond motifs is 1. The minimum atomic E-state index is 0.0696. The summed E-state index contributed by atoms with van der Waals surface area (Å²) in [6, 6.07) is 15.0. The van der Waals surface area contributed by atoms with Gasteiger partial charge in [0.1, 0.15) is 18.2 Å². The zero-order chi connectivity index (χ0) is 17.6. The number of rotatable bonds is 7. The van der Waals surface area contributed by atoms with Crippen LogP contribution in [0.5, 0.6) is 5.75 Å². The molecule has 25 heavy (non-hydrogen) atoms. The van der Waals surface area contributed by atoms with Crippen molar-refractivity contribution in [3.8, 4) is 5.75 Å². The quantitative estimate of drug-likeness (QED) is 0.701. The molecule has 1 heterocycles. The molecule has 0 aliphatic carbocycles. The number of H-pyrrole nitrogens is 1. The number of amides is 1. The Bertz CT molecular complexity index is 812. The fourth-order valence-electron chi connectivity index (χ4n) is 2.50. The summed E-state index contributed by atoms with van der Waals surface area (Å²) in [5.41, 5.74) is 1.92. The van der Waals surface area contributed by atoms with Crippen LogP contribution in [-0.2, 0) is 11.2 Å². The van der Waals surface area contributed by atoms with Gasteiger partial charge in [-0.1, -0.05) is 23.7 Å². The molecular formula is C19H20ClN3O2. The third kappa shape index (κ3) is 4.73. The van der Waals surface area contributed by atoms with E-state index in [0.717, 1.165) is 22.6 Å². The number of benzene rings is 2. The van der Waals surface area contributed by atoms with Gasteiger partial charge in [0, 0.05) is 24.9 Å². The monoisotopic (exact) mass is 357 g/mol. The molecule has 5 nitrogen and oxygen atoms in total. The van der Waals surface area contributed by atoms with Gasteiger partial charge in [-0.15, -0.1) is 0 Å². The second-order valence-corrected chi connectivity index (χ2v) is 6.25. The highest BCUT2D eigenvalue weighted by Gasteiger charge is 2.11. The van der Waals surface area contributed by atoms with Gasteiger partial charge < -0.3 is 14.6 Å². The van der Waals surface area contributed by atoms with Crippen molar-refractivity contribution < 1.29 is 9.53 Å². The SMILES string of the molecule is CN(CCOc1ccc(Cl)cc1)C(=O)CCc1nc2ccccc2[nH]1. The second-order valence-electron chi connectivity index (χ2n) is 5.82. The number of aryl methyl sites for hydroxylation is 1. The third-order valence-electron chi connectivity index (χ3n) is 3.95. The first-order valence-electron chi connectivity index (χ1n) is 8.18. The maximum atomic E-state index is 12.2. The average Bonchev–Trinajstić information content (AvgIpc) is 3.04. The number of imidazole rings is 1. The number of carbonyl (C=O) groups is 1. The maximum absolute atomic E-state index is 12.2. The Kier molecular flexibility index (Phi) is 5.56. The molecule has 1 amide bonds. The van der Waals surface area contributed by atoms with E-state index in [2.05, 4.69) is 9.97 Å². The van der Waals surface area contributed by atoms with Crippen molar-refractivity contribution in [2.45, 2.75) is 12.8 Å². The first kappa shape index (κ1) is 17.3. The molecule has 0 unspecified atom stereocenters. The van der Waals surface area contributed by atoms with Gasteiger partial charge in [0.15, 0.2) is 0 Å². The smallest absolute Gasteiger partial charge is 0.222 e. The first-order chi connectivity index (χ1) is 12.1. The van der Waals surface area contributed by atoms with Gasteiger partial charge in [-0.25, -0.2) is 4.98 Å². The summed E-state index contributed by atoms with van der Waals surface area (Å²) in [5, 5.41) is 0.672. The number of hydrogen-bond acceptors (Lipinski definition) is 3. The number of nitrogens with one attached hydrogen (secondary N) is 1. The highest BCUT2D eigenvalue weighted by Crippen LogP contribution is 2.15. The molecule has 0 fully saturated rings. The molecule has 0 bridgehead atoms. The van der Waals surface area contributed by atoms with Crippen molar-refractivity contribution in [1.82, 2.24) is 14.9 Å². The molecule has 0 saturated heterocycles. The molecule has 0 atom stereocenters. The molecule has 0 saturated carbocycles. The molecule has 2 aromatic carbocycles. The Morgan fingerprint density at radius 3 is 2.72 bits per heavy atom.